The van der Waals surface area contributed by atoms with Crippen molar-refractivity contribution in [2.24, 2.45) is 0 Å². The lowest BCUT2D eigenvalue weighted by Crippen LogP contribution is -2.17. The number of fused-ring (bicyclic) bond motifs is 4. The molecular weight excluding hydrogens is 340 g/mol. The quantitative estimate of drug-likeness (QED) is 0.503. The van der Waals surface area contributed by atoms with Crippen LogP contribution in [0.2, 0.25) is 0 Å². The summed E-state index contributed by atoms with van der Waals surface area (Å²) in [4.78, 5) is 14.3. The minimum absolute atomic E-state index is 0.947. The Morgan fingerprint density at radius 1 is 1.15 bits per heavy atom. The lowest BCUT2D eigenvalue weighted by molar-refractivity contribution is 0.414. The number of hydrogen-bond donors (Lipinski definition) is 0. The normalized spacial score (nSPS) is 13.6. The molecule has 0 N–H and O–H groups in total. The molecule has 1 aliphatic heterocycles. The molecule has 26 heavy (non-hydrogen) atoms. The van der Waals surface area contributed by atoms with Crippen molar-refractivity contribution in [2.75, 3.05) is 32.6 Å². The van der Waals surface area contributed by atoms with Gasteiger partial charge in [-0.1, -0.05) is 18.2 Å². The van der Waals surface area contributed by atoms with E-state index in [0.717, 1.165) is 29.5 Å². The molecule has 3 heterocycles. The zero-order valence-electron chi connectivity index (χ0n) is 15.2. The number of nitrogens with zero attached hydrogens (tertiary/aromatic N) is 4. The fourth-order valence-electron chi connectivity index (χ4n) is 3.89. The van der Waals surface area contributed by atoms with Crippen LogP contribution < -0.4 is 4.90 Å². The van der Waals surface area contributed by atoms with Crippen molar-refractivity contribution < 1.29 is 0 Å². The monoisotopic (exact) mass is 360 g/mol. The van der Waals surface area contributed by atoms with Crippen LogP contribution in [0.25, 0.3) is 38.1 Å². The molecule has 0 saturated heterocycles. The second kappa shape index (κ2) is 5.76. The summed E-state index contributed by atoms with van der Waals surface area (Å²) in [6.07, 6.45) is 5.33. The summed E-state index contributed by atoms with van der Waals surface area (Å²) in [6.45, 7) is 0.983. The van der Waals surface area contributed by atoms with Gasteiger partial charge in [-0.05, 0) is 38.2 Å². The highest BCUT2D eigenvalue weighted by atomic mass is 32.1. The molecule has 0 spiro atoms. The Morgan fingerprint density at radius 2 is 2.00 bits per heavy atom. The molecule has 130 valence electrons. The predicted octanol–water partition coefficient (Wildman–Crippen LogP) is 4.52. The Labute approximate surface area is 156 Å². The smallest absolute Gasteiger partial charge is 0.0887 e. The van der Waals surface area contributed by atoms with E-state index in [1.807, 2.05) is 5.51 Å². The molecular formula is C21H20N4S. The maximum atomic E-state index is 5.11. The zero-order valence-corrected chi connectivity index (χ0v) is 16.0. The van der Waals surface area contributed by atoms with Gasteiger partial charge in [-0.2, -0.15) is 0 Å². The van der Waals surface area contributed by atoms with Gasteiger partial charge in [-0.25, -0.2) is 9.97 Å². The zero-order chi connectivity index (χ0) is 17.8. The Bertz CT molecular complexity index is 1190. The summed E-state index contributed by atoms with van der Waals surface area (Å²) in [6, 6.07) is 8.44. The second-order valence-corrected chi connectivity index (χ2v) is 7.96. The lowest BCUT2D eigenvalue weighted by Gasteiger charge is -2.25. The molecule has 4 aromatic rings. The predicted molar refractivity (Wildman–Crippen MR) is 112 cm³/mol. The summed E-state index contributed by atoms with van der Waals surface area (Å²) >= 11 is 1.73. The second-order valence-electron chi connectivity index (χ2n) is 7.10. The maximum absolute atomic E-state index is 5.11. The summed E-state index contributed by atoms with van der Waals surface area (Å²) in [7, 11) is 6.34. The van der Waals surface area contributed by atoms with Crippen LogP contribution >= 0.6 is 11.3 Å². The van der Waals surface area contributed by atoms with E-state index in [-0.39, 0.29) is 0 Å². The molecule has 2 aromatic carbocycles. The number of aromatic nitrogens is 2. The van der Waals surface area contributed by atoms with Crippen LogP contribution in [-0.4, -0.2) is 42.6 Å². The average Bonchev–Trinajstić information content (AvgIpc) is 3.11. The van der Waals surface area contributed by atoms with Gasteiger partial charge < -0.3 is 9.80 Å². The van der Waals surface area contributed by atoms with E-state index in [1.54, 1.807) is 11.3 Å². The van der Waals surface area contributed by atoms with E-state index < -0.39 is 0 Å². The van der Waals surface area contributed by atoms with E-state index in [0.29, 0.717) is 0 Å². The number of hydrogen-bond acceptors (Lipinski definition) is 5. The number of pyridine rings is 1. The molecule has 2 aromatic heterocycles. The minimum atomic E-state index is 0.947. The van der Waals surface area contributed by atoms with Gasteiger partial charge in [0.25, 0.3) is 0 Å². The fourth-order valence-corrected chi connectivity index (χ4v) is 4.80. The number of likely N-dealkylation sites (N-methyl/N-ethyl adjacent to an activating group) is 1. The largest absolute Gasteiger partial charge is 0.349 e. The third-order valence-corrected chi connectivity index (χ3v) is 5.98. The standard InChI is InChI=1S/C21H20N4S/c1-24(2)10-8-15-18-17-14(13-6-4-5-7-16(13)23-18)9-11-25(3)20(17)21-19(15)22-12-26-21/h4-7,9,11-12H,8,10H2,1-3H3. The number of para-hydroxylation sites is 1. The Hall–Kier alpha value is -2.50. The molecule has 0 saturated carbocycles. The van der Waals surface area contributed by atoms with Crippen molar-refractivity contribution in [1.82, 2.24) is 14.9 Å². The van der Waals surface area contributed by atoms with E-state index in [2.05, 4.69) is 67.5 Å². The SMILES string of the molecule is CN(C)CCc1c2ncsc2c2c3c(c4ccccc4nc13)C=CN2C. The molecule has 5 rings (SSSR count). The molecule has 4 nitrogen and oxygen atoms in total. The molecule has 0 aliphatic carbocycles. The fraction of sp³-hybridized carbons (Fsp3) is 0.238. The summed E-state index contributed by atoms with van der Waals surface area (Å²) < 4.78 is 1.26. The first-order valence-corrected chi connectivity index (χ1v) is 9.69. The van der Waals surface area contributed by atoms with E-state index >= 15 is 0 Å². The number of benzene rings is 2. The number of rotatable bonds is 3. The van der Waals surface area contributed by atoms with Crippen LogP contribution in [0.5, 0.6) is 0 Å². The van der Waals surface area contributed by atoms with Crippen molar-refractivity contribution in [2.45, 2.75) is 6.42 Å². The van der Waals surface area contributed by atoms with Crippen molar-refractivity contribution in [3.8, 4) is 0 Å². The van der Waals surface area contributed by atoms with Gasteiger partial charge in [0.15, 0.2) is 0 Å². The first-order valence-electron chi connectivity index (χ1n) is 8.81. The highest BCUT2D eigenvalue weighted by Crippen LogP contribution is 2.45. The average molecular weight is 360 g/mol. The molecule has 0 amide bonds. The van der Waals surface area contributed by atoms with Gasteiger partial charge in [0.1, 0.15) is 0 Å². The molecule has 5 heteroatoms. The van der Waals surface area contributed by atoms with E-state index in [4.69, 9.17) is 9.97 Å². The summed E-state index contributed by atoms with van der Waals surface area (Å²) in [5.41, 5.74) is 9.01. The summed E-state index contributed by atoms with van der Waals surface area (Å²) in [5, 5.41) is 2.48. The lowest BCUT2D eigenvalue weighted by atomic mass is 9.94. The van der Waals surface area contributed by atoms with Crippen molar-refractivity contribution in [3.63, 3.8) is 0 Å². The van der Waals surface area contributed by atoms with Gasteiger partial charge in [0, 0.05) is 36.1 Å². The van der Waals surface area contributed by atoms with Crippen molar-refractivity contribution in [3.05, 3.63) is 47.1 Å². The van der Waals surface area contributed by atoms with Crippen LogP contribution in [0.15, 0.2) is 36.0 Å². The van der Waals surface area contributed by atoms with Gasteiger partial charge in [-0.15, -0.1) is 11.3 Å². The molecule has 0 atom stereocenters. The summed E-state index contributed by atoms with van der Waals surface area (Å²) in [5.74, 6) is 0. The molecule has 0 bridgehead atoms. The third-order valence-electron chi connectivity index (χ3n) is 5.15. The highest BCUT2D eigenvalue weighted by Gasteiger charge is 2.24. The van der Waals surface area contributed by atoms with Gasteiger partial charge in [0.05, 0.1) is 32.4 Å². The number of thiazole rings is 1. The van der Waals surface area contributed by atoms with Crippen LogP contribution in [0.3, 0.4) is 0 Å². The van der Waals surface area contributed by atoms with Gasteiger partial charge in [-0.3, -0.25) is 0 Å². The Kier molecular flexibility index (Phi) is 3.48. The van der Waals surface area contributed by atoms with E-state index in [1.165, 1.54) is 32.3 Å². The molecule has 0 fully saturated rings. The minimum Gasteiger partial charge on any atom is -0.349 e. The first kappa shape index (κ1) is 15.7. The molecule has 1 aliphatic rings. The van der Waals surface area contributed by atoms with Crippen molar-refractivity contribution >= 4 is 55.1 Å². The first-order chi connectivity index (χ1) is 12.6. The third kappa shape index (κ3) is 2.17. The van der Waals surface area contributed by atoms with Crippen LogP contribution in [0.1, 0.15) is 11.1 Å². The van der Waals surface area contributed by atoms with Gasteiger partial charge >= 0.3 is 0 Å². The van der Waals surface area contributed by atoms with E-state index in [9.17, 15) is 0 Å². The van der Waals surface area contributed by atoms with Gasteiger partial charge in [0.2, 0.25) is 0 Å². The Morgan fingerprint density at radius 3 is 2.85 bits per heavy atom. The topological polar surface area (TPSA) is 32.3 Å². The molecule has 0 unspecified atom stereocenters. The van der Waals surface area contributed by atoms with Crippen LogP contribution in [-0.2, 0) is 6.42 Å². The van der Waals surface area contributed by atoms with Crippen molar-refractivity contribution in [1.29, 1.82) is 0 Å². The van der Waals surface area contributed by atoms with Crippen LogP contribution in [0.4, 0.5) is 5.69 Å². The Balaban J connectivity index is 1.98. The van der Waals surface area contributed by atoms with Crippen LogP contribution in [0, 0.1) is 0 Å². The highest BCUT2D eigenvalue weighted by molar-refractivity contribution is 7.17. The molecule has 0 radical (unpaired) electrons. The maximum Gasteiger partial charge on any atom is 0.0887 e. The number of anilines is 1.